The molecule has 1 aromatic heterocycles. The number of rotatable bonds is 6. The Bertz CT molecular complexity index is 721. The molecule has 0 unspecified atom stereocenters. The molecule has 6 heteroatoms. The van der Waals surface area contributed by atoms with Crippen molar-refractivity contribution in [2.45, 2.75) is 25.2 Å². The van der Waals surface area contributed by atoms with E-state index in [2.05, 4.69) is 9.71 Å². The van der Waals surface area contributed by atoms with Gasteiger partial charge in [-0.25, -0.2) is 13.1 Å². The highest BCUT2D eigenvalue weighted by Crippen LogP contribution is 2.23. The SMILES string of the molecule is CC(C)(CCN)CNS(=O)(=O)c1cccc2cnccc12. The van der Waals surface area contributed by atoms with Crippen molar-refractivity contribution < 1.29 is 8.42 Å². The third-order valence-corrected chi connectivity index (χ3v) is 4.95. The van der Waals surface area contributed by atoms with Crippen LogP contribution >= 0.6 is 0 Å². The summed E-state index contributed by atoms with van der Waals surface area (Å²) in [6.45, 7) is 4.88. The Labute approximate surface area is 125 Å². The maximum Gasteiger partial charge on any atom is 0.241 e. The molecule has 0 bridgehead atoms. The number of hydrogen-bond donors (Lipinski definition) is 2. The molecular formula is C15H21N3O2S. The normalized spacial score (nSPS) is 12.7. The first kappa shape index (κ1) is 15.9. The molecule has 1 aromatic carbocycles. The minimum Gasteiger partial charge on any atom is -0.330 e. The molecule has 2 rings (SSSR count). The lowest BCUT2D eigenvalue weighted by Crippen LogP contribution is -2.35. The van der Waals surface area contributed by atoms with Crippen molar-refractivity contribution in [3.05, 3.63) is 36.7 Å². The van der Waals surface area contributed by atoms with Gasteiger partial charge in [-0.05, 0) is 30.5 Å². The molecule has 0 spiro atoms. The van der Waals surface area contributed by atoms with E-state index in [1.54, 1.807) is 30.6 Å². The van der Waals surface area contributed by atoms with Gasteiger partial charge in [0.05, 0.1) is 4.90 Å². The van der Waals surface area contributed by atoms with E-state index < -0.39 is 10.0 Å². The quantitative estimate of drug-likeness (QED) is 0.853. The van der Waals surface area contributed by atoms with Crippen LogP contribution < -0.4 is 10.5 Å². The molecule has 21 heavy (non-hydrogen) atoms. The third kappa shape index (κ3) is 3.78. The molecule has 0 aliphatic heterocycles. The van der Waals surface area contributed by atoms with Crippen molar-refractivity contribution >= 4 is 20.8 Å². The van der Waals surface area contributed by atoms with Gasteiger partial charge in [0.15, 0.2) is 0 Å². The number of nitrogens with two attached hydrogens (primary N) is 1. The van der Waals surface area contributed by atoms with Crippen molar-refractivity contribution in [1.82, 2.24) is 9.71 Å². The van der Waals surface area contributed by atoms with Crippen LogP contribution in [0.4, 0.5) is 0 Å². The van der Waals surface area contributed by atoms with Crippen LogP contribution in [0, 0.1) is 5.41 Å². The van der Waals surface area contributed by atoms with Gasteiger partial charge in [-0.1, -0.05) is 26.0 Å². The van der Waals surface area contributed by atoms with Gasteiger partial charge >= 0.3 is 0 Å². The summed E-state index contributed by atoms with van der Waals surface area (Å²) < 4.78 is 27.8. The lowest BCUT2D eigenvalue weighted by Gasteiger charge is -2.24. The molecule has 3 N–H and O–H groups in total. The van der Waals surface area contributed by atoms with Crippen LogP contribution in [-0.4, -0.2) is 26.5 Å². The van der Waals surface area contributed by atoms with Crippen LogP contribution in [0.25, 0.3) is 10.8 Å². The second kappa shape index (κ2) is 6.09. The monoisotopic (exact) mass is 307 g/mol. The second-order valence-electron chi connectivity index (χ2n) is 5.88. The maximum absolute atomic E-state index is 12.5. The number of aromatic nitrogens is 1. The van der Waals surface area contributed by atoms with E-state index in [-0.39, 0.29) is 10.3 Å². The first-order valence-electron chi connectivity index (χ1n) is 6.88. The van der Waals surface area contributed by atoms with Crippen LogP contribution in [0.2, 0.25) is 0 Å². The van der Waals surface area contributed by atoms with E-state index in [9.17, 15) is 8.42 Å². The average Bonchev–Trinajstić information content (AvgIpc) is 2.45. The van der Waals surface area contributed by atoms with E-state index >= 15 is 0 Å². The van der Waals surface area contributed by atoms with Gasteiger partial charge in [-0.2, -0.15) is 0 Å². The highest BCUT2D eigenvalue weighted by Gasteiger charge is 2.22. The molecule has 0 amide bonds. The number of hydrogen-bond acceptors (Lipinski definition) is 4. The van der Waals surface area contributed by atoms with Crippen LogP contribution in [0.1, 0.15) is 20.3 Å². The lowest BCUT2D eigenvalue weighted by molar-refractivity contribution is 0.340. The van der Waals surface area contributed by atoms with E-state index in [0.717, 1.165) is 11.8 Å². The number of benzene rings is 1. The zero-order chi connectivity index (χ0) is 15.5. The van der Waals surface area contributed by atoms with E-state index in [0.29, 0.717) is 18.5 Å². The summed E-state index contributed by atoms with van der Waals surface area (Å²) in [6, 6.07) is 6.90. The van der Waals surface area contributed by atoms with Gasteiger partial charge in [-0.3, -0.25) is 4.98 Å². The van der Waals surface area contributed by atoms with E-state index in [1.165, 1.54) is 0 Å². The fourth-order valence-electron chi connectivity index (χ4n) is 2.17. The number of fused-ring (bicyclic) bond motifs is 1. The largest absolute Gasteiger partial charge is 0.330 e. The minimum absolute atomic E-state index is 0.173. The van der Waals surface area contributed by atoms with Gasteiger partial charge in [-0.15, -0.1) is 0 Å². The zero-order valence-corrected chi connectivity index (χ0v) is 13.2. The Hall–Kier alpha value is -1.50. The first-order chi connectivity index (χ1) is 9.86. The molecule has 114 valence electrons. The van der Waals surface area contributed by atoms with Crippen molar-refractivity contribution in [3.8, 4) is 0 Å². The summed E-state index contributed by atoms with van der Waals surface area (Å²) in [5.41, 5.74) is 5.38. The summed E-state index contributed by atoms with van der Waals surface area (Å²) in [6.07, 6.45) is 4.02. The van der Waals surface area contributed by atoms with Gasteiger partial charge in [0.1, 0.15) is 0 Å². The van der Waals surface area contributed by atoms with Crippen LogP contribution in [0.15, 0.2) is 41.6 Å². The predicted octanol–water partition coefficient (Wildman–Crippen LogP) is 1.89. The van der Waals surface area contributed by atoms with Crippen molar-refractivity contribution in [2.24, 2.45) is 11.1 Å². The summed E-state index contributed by atoms with van der Waals surface area (Å²) in [4.78, 5) is 4.30. The summed E-state index contributed by atoms with van der Waals surface area (Å²) in [7, 11) is -3.56. The predicted molar refractivity (Wildman–Crippen MR) is 84.4 cm³/mol. The zero-order valence-electron chi connectivity index (χ0n) is 12.3. The Morgan fingerprint density at radius 3 is 2.76 bits per heavy atom. The second-order valence-corrected chi connectivity index (χ2v) is 7.62. The number of pyridine rings is 1. The molecule has 0 aliphatic rings. The molecule has 2 aromatic rings. The molecular weight excluding hydrogens is 286 g/mol. The van der Waals surface area contributed by atoms with Gasteiger partial charge < -0.3 is 5.73 Å². The topological polar surface area (TPSA) is 85.1 Å². The average molecular weight is 307 g/mol. The Kier molecular flexibility index (Phi) is 4.61. The van der Waals surface area contributed by atoms with E-state index in [4.69, 9.17) is 5.73 Å². The maximum atomic E-state index is 12.5. The first-order valence-corrected chi connectivity index (χ1v) is 8.36. The number of nitrogens with one attached hydrogen (secondary N) is 1. The lowest BCUT2D eigenvalue weighted by atomic mass is 9.90. The van der Waals surface area contributed by atoms with Gasteiger partial charge in [0, 0.05) is 29.7 Å². The van der Waals surface area contributed by atoms with Crippen molar-refractivity contribution in [1.29, 1.82) is 0 Å². The molecule has 0 fully saturated rings. The fraction of sp³-hybridized carbons (Fsp3) is 0.400. The number of nitrogens with zero attached hydrogens (tertiary/aromatic N) is 1. The Balaban J connectivity index is 2.30. The molecule has 0 radical (unpaired) electrons. The van der Waals surface area contributed by atoms with Crippen LogP contribution in [0.5, 0.6) is 0 Å². The summed E-state index contributed by atoms with van der Waals surface area (Å²) >= 11 is 0. The minimum atomic E-state index is -3.56. The highest BCUT2D eigenvalue weighted by atomic mass is 32.2. The summed E-state index contributed by atoms with van der Waals surface area (Å²) in [5.74, 6) is 0. The van der Waals surface area contributed by atoms with Crippen molar-refractivity contribution in [2.75, 3.05) is 13.1 Å². The van der Waals surface area contributed by atoms with E-state index in [1.807, 2.05) is 19.9 Å². The van der Waals surface area contributed by atoms with Crippen molar-refractivity contribution in [3.63, 3.8) is 0 Å². The number of sulfonamides is 1. The molecule has 0 saturated carbocycles. The standard InChI is InChI=1S/C15H21N3O2S/c1-15(2,7-8-16)11-18-21(19,20)14-5-3-4-12-10-17-9-6-13(12)14/h3-6,9-10,18H,7-8,11,16H2,1-2H3. The Morgan fingerprint density at radius 2 is 2.05 bits per heavy atom. The molecule has 0 atom stereocenters. The van der Waals surface area contributed by atoms with Gasteiger partial charge in [0.25, 0.3) is 0 Å². The highest BCUT2D eigenvalue weighted by molar-refractivity contribution is 7.89. The molecule has 0 saturated heterocycles. The smallest absolute Gasteiger partial charge is 0.241 e. The van der Waals surface area contributed by atoms with Gasteiger partial charge in [0.2, 0.25) is 10.0 Å². The molecule has 0 aliphatic carbocycles. The summed E-state index contributed by atoms with van der Waals surface area (Å²) in [5, 5.41) is 1.48. The molecule has 1 heterocycles. The molecule has 5 nitrogen and oxygen atoms in total. The van der Waals surface area contributed by atoms with Crippen LogP contribution in [0.3, 0.4) is 0 Å². The third-order valence-electron chi connectivity index (χ3n) is 3.49. The van der Waals surface area contributed by atoms with Crippen LogP contribution in [-0.2, 0) is 10.0 Å². The Morgan fingerprint density at radius 1 is 1.29 bits per heavy atom. The fourth-order valence-corrected chi connectivity index (χ4v) is 3.64.